The highest BCUT2D eigenvalue weighted by Gasteiger charge is 2.28. The monoisotopic (exact) mass is 326 g/mol. The summed E-state index contributed by atoms with van der Waals surface area (Å²) in [6.45, 7) is 4.94. The van der Waals surface area contributed by atoms with Gasteiger partial charge in [-0.05, 0) is 44.5 Å². The normalized spacial score (nSPS) is 14.2. The smallest absolute Gasteiger partial charge is 0.262 e. The molecule has 2 unspecified atom stereocenters. The highest BCUT2D eigenvalue weighted by atomic mass is 16.5. The molecule has 2 aromatic rings. The van der Waals surface area contributed by atoms with E-state index in [9.17, 15) is 9.90 Å². The zero-order valence-electron chi connectivity index (χ0n) is 14.2. The summed E-state index contributed by atoms with van der Waals surface area (Å²) in [4.78, 5) is 16.7. The van der Waals surface area contributed by atoms with E-state index in [1.54, 1.807) is 26.1 Å². The van der Waals surface area contributed by atoms with Crippen LogP contribution < -0.4 is 10.1 Å². The fraction of sp³-hybridized carbons (Fsp3) is 0.368. The molecule has 0 saturated carbocycles. The van der Waals surface area contributed by atoms with Gasteiger partial charge in [-0.1, -0.05) is 18.9 Å². The number of carbonyl (C=O) groups is 1. The van der Waals surface area contributed by atoms with E-state index in [1.165, 1.54) is 0 Å². The summed E-state index contributed by atoms with van der Waals surface area (Å²) in [5.74, 6) is 5.83. The third-order valence-corrected chi connectivity index (χ3v) is 3.63. The molecule has 0 saturated heterocycles. The van der Waals surface area contributed by atoms with Crippen molar-refractivity contribution in [1.82, 2.24) is 10.3 Å². The van der Waals surface area contributed by atoms with Gasteiger partial charge < -0.3 is 15.2 Å². The van der Waals surface area contributed by atoms with E-state index in [2.05, 4.69) is 22.1 Å². The number of ether oxygens (including phenoxy) is 1. The SMILES string of the molecule is CC#CC(C)(CO)NC(=O)C(CC)Oc1ccc2ncccc2c1. The molecule has 0 fully saturated rings. The minimum atomic E-state index is -0.976. The average Bonchev–Trinajstić information content (AvgIpc) is 2.59. The molecule has 2 rings (SSSR count). The fourth-order valence-electron chi connectivity index (χ4n) is 2.35. The van der Waals surface area contributed by atoms with E-state index in [1.807, 2.05) is 31.2 Å². The summed E-state index contributed by atoms with van der Waals surface area (Å²) in [6, 6.07) is 9.30. The lowest BCUT2D eigenvalue weighted by Gasteiger charge is -2.26. The molecule has 2 N–H and O–H groups in total. The number of benzene rings is 1. The number of aromatic nitrogens is 1. The van der Waals surface area contributed by atoms with Gasteiger partial charge in [0.1, 0.15) is 11.3 Å². The molecule has 5 nitrogen and oxygen atoms in total. The number of fused-ring (bicyclic) bond motifs is 1. The van der Waals surface area contributed by atoms with Crippen LogP contribution in [0, 0.1) is 11.8 Å². The van der Waals surface area contributed by atoms with Crippen LogP contribution in [0.3, 0.4) is 0 Å². The predicted octanol–water partition coefficient (Wildman–Crippen LogP) is 2.28. The minimum absolute atomic E-state index is 0.266. The first-order valence-electron chi connectivity index (χ1n) is 7.89. The fourth-order valence-corrected chi connectivity index (χ4v) is 2.35. The number of hydrogen-bond acceptors (Lipinski definition) is 4. The van der Waals surface area contributed by atoms with E-state index in [-0.39, 0.29) is 12.5 Å². The molecule has 1 aromatic carbocycles. The summed E-state index contributed by atoms with van der Waals surface area (Å²) in [7, 11) is 0. The predicted molar refractivity (Wildman–Crippen MR) is 93.5 cm³/mol. The number of amides is 1. The molecule has 0 spiro atoms. The molecule has 1 aromatic heterocycles. The van der Waals surface area contributed by atoms with E-state index in [4.69, 9.17) is 4.74 Å². The highest BCUT2D eigenvalue weighted by Crippen LogP contribution is 2.21. The first kappa shape index (κ1) is 17.8. The number of carbonyl (C=O) groups excluding carboxylic acids is 1. The largest absolute Gasteiger partial charge is 0.481 e. The maximum absolute atomic E-state index is 12.5. The van der Waals surface area contributed by atoms with E-state index in [0.29, 0.717) is 12.2 Å². The summed E-state index contributed by atoms with van der Waals surface area (Å²) >= 11 is 0. The van der Waals surface area contributed by atoms with Crippen molar-refractivity contribution in [3.63, 3.8) is 0 Å². The molecule has 5 heteroatoms. The van der Waals surface area contributed by atoms with Crippen molar-refractivity contribution in [3.05, 3.63) is 36.5 Å². The first-order valence-corrected chi connectivity index (χ1v) is 7.89. The lowest BCUT2D eigenvalue weighted by atomic mass is 10.0. The van der Waals surface area contributed by atoms with Crippen LogP contribution in [0.4, 0.5) is 0 Å². The molecule has 0 aliphatic carbocycles. The van der Waals surface area contributed by atoms with Crippen molar-refractivity contribution >= 4 is 16.8 Å². The molecule has 0 aliphatic rings. The molecule has 24 heavy (non-hydrogen) atoms. The van der Waals surface area contributed by atoms with E-state index < -0.39 is 11.6 Å². The topological polar surface area (TPSA) is 71.5 Å². The Bertz CT molecular complexity index is 779. The molecule has 2 atom stereocenters. The molecule has 1 amide bonds. The van der Waals surface area contributed by atoms with Crippen LogP contribution in [0.25, 0.3) is 10.9 Å². The number of aliphatic hydroxyl groups is 1. The van der Waals surface area contributed by atoms with Crippen molar-refractivity contribution in [2.45, 2.75) is 38.8 Å². The molecule has 0 bridgehead atoms. The van der Waals surface area contributed by atoms with Crippen LogP contribution in [0.1, 0.15) is 27.2 Å². The second-order valence-corrected chi connectivity index (χ2v) is 5.73. The zero-order valence-corrected chi connectivity index (χ0v) is 14.2. The second-order valence-electron chi connectivity index (χ2n) is 5.73. The Morgan fingerprint density at radius 3 is 2.92 bits per heavy atom. The third-order valence-electron chi connectivity index (χ3n) is 3.63. The Morgan fingerprint density at radius 2 is 2.25 bits per heavy atom. The quantitative estimate of drug-likeness (QED) is 0.799. The second kappa shape index (κ2) is 7.80. The maximum atomic E-state index is 12.5. The van der Waals surface area contributed by atoms with Gasteiger partial charge in [-0.25, -0.2) is 0 Å². The van der Waals surface area contributed by atoms with Crippen molar-refractivity contribution in [2.24, 2.45) is 0 Å². The number of hydrogen-bond donors (Lipinski definition) is 2. The average molecular weight is 326 g/mol. The number of aliphatic hydroxyl groups excluding tert-OH is 1. The van der Waals surface area contributed by atoms with Crippen LogP contribution in [0.2, 0.25) is 0 Å². The van der Waals surface area contributed by atoms with Gasteiger partial charge in [-0.3, -0.25) is 9.78 Å². The first-order chi connectivity index (χ1) is 11.5. The molecule has 126 valence electrons. The van der Waals surface area contributed by atoms with E-state index in [0.717, 1.165) is 10.9 Å². The van der Waals surface area contributed by atoms with E-state index >= 15 is 0 Å². The third kappa shape index (κ3) is 4.24. The van der Waals surface area contributed by atoms with Crippen LogP contribution in [-0.2, 0) is 4.79 Å². The molecule has 0 radical (unpaired) electrons. The highest BCUT2D eigenvalue weighted by molar-refractivity contribution is 5.83. The van der Waals surface area contributed by atoms with Gasteiger partial charge in [0.25, 0.3) is 5.91 Å². The number of pyridine rings is 1. The van der Waals surface area contributed by atoms with Crippen molar-refractivity contribution in [1.29, 1.82) is 0 Å². The van der Waals surface area contributed by atoms with Gasteiger partial charge in [0.15, 0.2) is 6.10 Å². The number of nitrogens with one attached hydrogen (secondary N) is 1. The molecule has 1 heterocycles. The Hall–Kier alpha value is -2.58. The zero-order chi connectivity index (χ0) is 17.6. The number of rotatable bonds is 6. The molecular weight excluding hydrogens is 304 g/mol. The lowest BCUT2D eigenvalue weighted by molar-refractivity contribution is -0.129. The molecular formula is C19H22N2O3. The van der Waals surface area contributed by atoms with Crippen LogP contribution >= 0.6 is 0 Å². The van der Waals surface area contributed by atoms with Crippen LogP contribution in [-0.4, -0.2) is 34.2 Å². The Kier molecular flexibility index (Phi) is 5.78. The van der Waals surface area contributed by atoms with Crippen LogP contribution in [0.5, 0.6) is 5.75 Å². The Balaban J connectivity index is 2.14. The van der Waals surface area contributed by atoms with Gasteiger partial charge in [-0.15, -0.1) is 5.92 Å². The van der Waals surface area contributed by atoms with Crippen molar-refractivity contribution in [3.8, 4) is 17.6 Å². The lowest BCUT2D eigenvalue weighted by Crippen LogP contribution is -2.52. The van der Waals surface area contributed by atoms with Gasteiger partial charge in [0.2, 0.25) is 0 Å². The Labute approximate surface area is 142 Å². The summed E-state index contributed by atoms with van der Waals surface area (Å²) in [5.41, 5.74) is -0.107. The standard InChI is InChI=1S/C19H22N2O3/c1-4-10-19(3,13-22)21-18(23)17(5-2)24-15-8-9-16-14(12-15)7-6-11-20-16/h6-9,11-12,17,22H,5,13H2,1-3H3,(H,21,23). The van der Waals surface area contributed by atoms with Gasteiger partial charge in [0.05, 0.1) is 12.1 Å². The summed E-state index contributed by atoms with van der Waals surface area (Å²) in [5, 5.41) is 13.2. The summed E-state index contributed by atoms with van der Waals surface area (Å²) in [6.07, 6.45) is 1.57. The van der Waals surface area contributed by atoms with Gasteiger partial charge in [0, 0.05) is 11.6 Å². The van der Waals surface area contributed by atoms with Crippen molar-refractivity contribution < 1.29 is 14.6 Å². The van der Waals surface area contributed by atoms with Crippen LogP contribution in [0.15, 0.2) is 36.5 Å². The Morgan fingerprint density at radius 1 is 1.46 bits per heavy atom. The van der Waals surface area contributed by atoms with Gasteiger partial charge in [-0.2, -0.15) is 0 Å². The number of nitrogens with zero attached hydrogens (tertiary/aromatic N) is 1. The molecule has 0 aliphatic heterocycles. The minimum Gasteiger partial charge on any atom is -0.481 e. The maximum Gasteiger partial charge on any atom is 0.262 e. The van der Waals surface area contributed by atoms with Gasteiger partial charge >= 0.3 is 0 Å². The van der Waals surface area contributed by atoms with Crippen molar-refractivity contribution in [2.75, 3.05) is 6.61 Å². The summed E-state index contributed by atoms with van der Waals surface area (Å²) < 4.78 is 5.83.